The van der Waals surface area contributed by atoms with Crippen molar-refractivity contribution in [3.63, 3.8) is 0 Å². The normalized spacial score (nSPS) is 28.3. The van der Waals surface area contributed by atoms with Gasteiger partial charge in [-0.1, -0.05) is 13.8 Å². The van der Waals surface area contributed by atoms with E-state index in [1.54, 1.807) is 6.92 Å². The van der Waals surface area contributed by atoms with Gasteiger partial charge < -0.3 is 14.9 Å². The first kappa shape index (κ1) is 14.4. The summed E-state index contributed by atoms with van der Waals surface area (Å²) in [6.45, 7) is 7.58. The van der Waals surface area contributed by atoms with Crippen molar-refractivity contribution in [2.45, 2.75) is 38.8 Å². The van der Waals surface area contributed by atoms with Gasteiger partial charge in [0.1, 0.15) is 0 Å². The average molecular weight is 245 g/mol. The van der Waals surface area contributed by atoms with Gasteiger partial charge in [0.25, 0.3) is 0 Å². The molecule has 0 spiro atoms. The molecule has 0 aliphatic carbocycles. The van der Waals surface area contributed by atoms with Crippen LogP contribution in [0.2, 0.25) is 0 Å². The van der Waals surface area contributed by atoms with Crippen LogP contribution in [0.3, 0.4) is 0 Å². The van der Waals surface area contributed by atoms with Gasteiger partial charge in [-0.3, -0.25) is 9.69 Å². The number of carboxylic acid groups (broad SMARTS) is 1. The summed E-state index contributed by atoms with van der Waals surface area (Å²) >= 11 is 0. The molecule has 1 rings (SSSR count). The largest absolute Gasteiger partial charge is 0.481 e. The molecule has 5 nitrogen and oxygen atoms in total. The first-order chi connectivity index (χ1) is 7.91. The molecule has 17 heavy (non-hydrogen) atoms. The van der Waals surface area contributed by atoms with Gasteiger partial charge in [-0.2, -0.15) is 0 Å². The summed E-state index contributed by atoms with van der Waals surface area (Å²) < 4.78 is 5.26. The summed E-state index contributed by atoms with van der Waals surface area (Å²) in [7, 11) is 0. The Morgan fingerprint density at radius 1 is 1.47 bits per heavy atom. The summed E-state index contributed by atoms with van der Waals surface area (Å²) in [5.41, 5.74) is -0.776. The zero-order valence-corrected chi connectivity index (χ0v) is 10.8. The minimum absolute atomic E-state index is 0.129. The second kappa shape index (κ2) is 5.80. The summed E-state index contributed by atoms with van der Waals surface area (Å²) in [5, 5.41) is 19.2. The molecular weight excluding hydrogens is 222 g/mol. The number of ether oxygens (including phenoxy) is 1. The first-order valence-electron chi connectivity index (χ1n) is 6.18. The Morgan fingerprint density at radius 3 is 2.59 bits per heavy atom. The van der Waals surface area contributed by atoms with Crippen molar-refractivity contribution in [1.82, 2.24) is 4.90 Å². The number of carboxylic acids is 1. The molecule has 0 saturated carbocycles. The Labute approximate surface area is 102 Å². The fourth-order valence-electron chi connectivity index (χ4n) is 2.15. The third-order valence-electron chi connectivity index (χ3n) is 3.55. The van der Waals surface area contributed by atoms with Crippen LogP contribution in [0.5, 0.6) is 0 Å². The summed E-state index contributed by atoms with van der Waals surface area (Å²) in [5.74, 6) is -1.30. The van der Waals surface area contributed by atoms with Crippen LogP contribution in [0.15, 0.2) is 0 Å². The van der Waals surface area contributed by atoms with Crippen LogP contribution in [0.4, 0.5) is 0 Å². The number of nitrogens with zero attached hydrogens (tertiary/aromatic N) is 1. The van der Waals surface area contributed by atoms with Crippen LogP contribution >= 0.6 is 0 Å². The van der Waals surface area contributed by atoms with E-state index in [0.717, 1.165) is 0 Å². The Bertz CT molecular complexity index is 267. The molecule has 0 bridgehead atoms. The molecule has 0 aromatic heterocycles. The number of likely N-dealkylation sites (N-methyl/N-ethyl adjacent to an activating group) is 1. The second-order valence-corrected chi connectivity index (χ2v) is 4.96. The minimum atomic E-state index is -0.818. The molecule has 3 unspecified atom stereocenters. The van der Waals surface area contributed by atoms with Gasteiger partial charge in [0, 0.05) is 12.6 Å². The van der Waals surface area contributed by atoms with Crippen LogP contribution in [0.25, 0.3) is 0 Å². The van der Waals surface area contributed by atoms with Gasteiger partial charge in [0.2, 0.25) is 0 Å². The number of aliphatic hydroxyl groups is 1. The van der Waals surface area contributed by atoms with Crippen molar-refractivity contribution in [2.24, 2.45) is 5.92 Å². The van der Waals surface area contributed by atoms with Gasteiger partial charge in [-0.25, -0.2) is 0 Å². The highest BCUT2D eigenvalue weighted by Gasteiger charge is 2.39. The maximum Gasteiger partial charge on any atom is 0.310 e. The van der Waals surface area contributed by atoms with Crippen molar-refractivity contribution >= 4 is 5.97 Å². The Hall–Kier alpha value is -0.650. The van der Waals surface area contributed by atoms with Crippen molar-refractivity contribution < 1.29 is 19.7 Å². The SMILES string of the molecule is CCN(CC(C)(O)CC)C1COCC1C(=O)O. The van der Waals surface area contributed by atoms with E-state index in [4.69, 9.17) is 9.84 Å². The van der Waals surface area contributed by atoms with Crippen LogP contribution in [-0.4, -0.2) is 59.0 Å². The van der Waals surface area contributed by atoms with E-state index in [9.17, 15) is 9.90 Å². The van der Waals surface area contributed by atoms with Crippen LogP contribution in [-0.2, 0) is 9.53 Å². The molecule has 1 aliphatic heterocycles. The third-order valence-corrected chi connectivity index (χ3v) is 3.55. The van der Waals surface area contributed by atoms with Gasteiger partial charge in [-0.05, 0) is 19.9 Å². The highest BCUT2D eigenvalue weighted by Crippen LogP contribution is 2.22. The maximum absolute atomic E-state index is 11.1. The molecule has 0 amide bonds. The Kier molecular flexibility index (Phi) is 4.91. The van der Waals surface area contributed by atoms with Gasteiger partial charge in [-0.15, -0.1) is 0 Å². The predicted octanol–water partition coefficient (Wildman–Crippen LogP) is 0.569. The molecule has 5 heteroatoms. The topological polar surface area (TPSA) is 70.0 Å². The quantitative estimate of drug-likeness (QED) is 0.716. The fraction of sp³-hybridized carbons (Fsp3) is 0.917. The van der Waals surface area contributed by atoms with E-state index >= 15 is 0 Å². The summed E-state index contributed by atoms with van der Waals surface area (Å²) in [4.78, 5) is 13.1. The van der Waals surface area contributed by atoms with E-state index in [0.29, 0.717) is 26.1 Å². The fourth-order valence-corrected chi connectivity index (χ4v) is 2.15. The molecule has 0 aromatic carbocycles. The smallest absolute Gasteiger partial charge is 0.310 e. The lowest BCUT2D eigenvalue weighted by atomic mass is 9.98. The van der Waals surface area contributed by atoms with E-state index in [2.05, 4.69) is 0 Å². The molecule has 0 radical (unpaired) electrons. The standard InChI is InChI=1S/C12H23NO4/c1-4-12(3,16)8-13(5-2)10-7-17-6-9(10)11(14)15/h9-10,16H,4-8H2,1-3H3,(H,14,15). The van der Waals surface area contributed by atoms with E-state index in [1.807, 2.05) is 18.7 Å². The zero-order chi connectivity index (χ0) is 13.1. The predicted molar refractivity (Wildman–Crippen MR) is 63.9 cm³/mol. The van der Waals surface area contributed by atoms with Crippen LogP contribution in [0.1, 0.15) is 27.2 Å². The molecule has 2 N–H and O–H groups in total. The number of aliphatic carboxylic acids is 1. The van der Waals surface area contributed by atoms with Gasteiger partial charge in [0.05, 0.1) is 24.7 Å². The van der Waals surface area contributed by atoms with Gasteiger partial charge in [0.15, 0.2) is 0 Å². The van der Waals surface area contributed by atoms with Gasteiger partial charge >= 0.3 is 5.97 Å². The first-order valence-corrected chi connectivity index (χ1v) is 6.18. The maximum atomic E-state index is 11.1. The number of rotatable bonds is 6. The minimum Gasteiger partial charge on any atom is -0.481 e. The van der Waals surface area contributed by atoms with Crippen molar-refractivity contribution in [2.75, 3.05) is 26.3 Å². The Balaban J connectivity index is 2.70. The summed E-state index contributed by atoms with van der Waals surface area (Å²) in [6, 6.07) is -0.129. The van der Waals surface area contributed by atoms with E-state index in [-0.39, 0.29) is 12.6 Å². The molecule has 1 fully saturated rings. The van der Waals surface area contributed by atoms with Crippen LogP contribution in [0, 0.1) is 5.92 Å². The number of carbonyl (C=O) groups is 1. The average Bonchev–Trinajstić information content (AvgIpc) is 2.75. The molecular formula is C12H23NO4. The molecule has 1 saturated heterocycles. The highest BCUT2D eigenvalue weighted by molar-refractivity contribution is 5.71. The third kappa shape index (κ3) is 3.66. The Morgan fingerprint density at radius 2 is 2.12 bits per heavy atom. The number of hydrogen-bond acceptors (Lipinski definition) is 4. The van der Waals surface area contributed by atoms with Crippen molar-refractivity contribution in [3.05, 3.63) is 0 Å². The lowest BCUT2D eigenvalue weighted by Gasteiger charge is -2.35. The van der Waals surface area contributed by atoms with Crippen LogP contribution < -0.4 is 0 Å². The monoisotopic (exact) mass is 245 g/mol. The lowest BCUT2D eigenvalue weighted by Crippen LogP contribution is -2.49. The molecule has 0 aromatic rings. The zero-order valence-electron chi connectivity index (χ0n) is 10.8. The lowest BCUT2D eigenvalue weighted by molar-refractivity contribution is -0.143. The number of hydrogen-bond donors (Lipinski definition) is 2. The second-order valence-electron chi connectivity index (χ2n) is 4.96. The molecule has 1 heterocycles. The molecule has 1 aliphatic rings. The molecule has 3 atom stereocenters. The van der Waals surface area contributed by atoms with Crippen molar-refractivity contribution in [3.8, 4) is 0 Å². The van der Waals surface area contributed by atoms with Crippen molar-refractivity contribution in [1.29, 1.82) is 0 Å². The molecule has 100 valence electrons. The highest BCUT2D eigenvalue weighted by atomic mass is 16.5. The summed E-state index contributed by atoms with van der Waals surface area (Å²) in [6.07, 6.45) is 0.648. The van der Waals surface area contributed by atoms with E-state index < -0.39 is 17.5 Å². The van der Waals surface area contributed by atoms with E-state index in [1.165, 1.54) is 0 Å².